The zero-order valence-corrected chi connectivity index (χ0v) is 11.5. The van der Waals surface area contributed by atoms with Crippen LogP contribution in [0.3, 0.4) is 0 Å². The topological polar surface area (TPSA) is 12.0 Å². The summed E-state index contributed by atoms with van der Waals surface area (Å²) in [5.41, 5.74) is 5.81. The summed E-state index contributed by atoms with van der Waals surface area (Å²) in [4.78, 5) is 0. The van der Waals surface area contributed by atoms with Crippen LogP contribution < -0.4 is 5.32 Å². The van der Waals surface area contributed by atoms with Crippen molar-refractivity contribution in [2.24, 2.45) is 0 Å². The minimum absolute atomic E-state index is 0.518. The van der Waals surface area contributed by atoms with E-state index in [1.54, 1.807) is 0 Å². The highest BCUT2D eigenvalue weighted by molar-refractivity contribution is 5.32. The van der Waals surface area contributed by atoms with E-state index in [0.717, 1.165) is 6.54 Å². The van der Waals surface area contributed by atoms with Gasteiger partial charge in [0.15, 0.2) is 0 Å². The van der Waals surface area contributed by atoms with Gasteiger partial charge in [0.25, 0.3) is 0 Å². The van der Waals surface area contributed by atoms with Crippen molar-refractivity contribution in [3.05, 3.63) is 70.8 Å². The lowest BCUT2D eigenvalue weighted by Gasteiger charge is -2.26. The Kier molecular flexibility index (Phi) is 3.65. The molecule has 0 saturated carbocycles. The number of benzene rings is 2. The van der Waals surface area contributed by atoms with Crippen molar-refractivity contribution in [1.29, 1.82) is 0 Å². The first-order valence-corrected chi connectivity index (χ1v) is 7.20. The van der Waals surface area contributed by atoms with E-state index in [1.807, 2.05) is 0 Å². The lowest BCUT2D eigenvalue weighted by molar-refractivity contribution is 0.458. The summed E-state index contributed by atoms with van der Waals surface area (Å²) in [5, 5.41) is 3.73. The van der Waals surface area contributed by atoms with Crippen LogP contribution in [-0.2, 0) is 13.0 Å². The third-order valence-electron chi connectivity index (χ3n) is 4.17. The third kappa shape index (κ3) is 2.71. The minimum atomic E-state index is 0.518. The molecule has 1 aliphatic rings. The monoisotopic (exact) mass is 251 g/mol. The molecule has 1 heteroatoms. The van der Waals surface area contributed by atoms with E-state index >= 15 is 0 Å². The van der Waals surface area contributed by atoms with Gasteiger partial charge in [-0.1, -0.05) is 48.5 Å². The molecule has 3 rings (SSSR count). The standard InChI is InChI=1S/C18H21N/c1-14-7-2-3-9-16(14)13-19-18-12-6-10-15-8-4-5-11-17(15)18/h2-5,7-9,11,18-19H,6,10,12-13H2,1H3. The van der Waals surface area contributed by atoms with Crippen molar-refractivity contribution in [2.75, 3.05) is 0 Å². The third-order valence-corrected chi connectivity index (χ3v) is 4.17. The molecule has 0 saturated heterocycles. The van der Waals surface area contributed by atoms with Gasteiger partial charge in [0, 0.05) is 12.6 Å². The number of hydrogen-bond acceptors (Lipinski definition) is 1. The lowest BCUT2D eigenvalue weighted by Crippen LogP contribution is -2.25. The number of rotatable bonds is 3. The van der Waals surface area contributed by atoms with Crippen LogP contribution in [0.15, 0.2) is 48.5 Å². The van der Waals surface area contributed by atoms with E-state index in [1.165, 1.54) is 41.5 Å². The SMILES string of the molecule is Cc1ccccc1CNC1CCCc2ccccc21. The van der Waals surface area contributed by atoms with E-state index in [0.29, 0.717) is 6.04 Å². The molecule has 19 heavy (non-hydrogen) atoms. The van der Waals surface area contributed by atoms with Gasteiger partial charge in [0.1, 0.15) is 0 Å². The van der Waals surface area contributed by atoms with Gasteiger partial charge in [-0.25, -0.2) is 0 Å². The number of hydrogen-bond donors (Lipinski definition) is 1. The summed E-state index contributed by atoms with van der Waals surface area (Å²) in [5.74, 6) is 0. The van der Waals surface area contributed by atoms with Gasteiger partial charge in [-0.05, 0) is 48.4 Å². The van der Waals surface area contributed by atoms with Crippen molar-refractivity contribution in [1.82, 2.24) is 5.32 Å². The fourth-order valence-electron chi connectivity index (χ4n) is 3.01. The summed E-state index contributed by atoms with van der Waals surface area (Å²) >= 11 is 0. The number of nitrogens with one attached hydrogen (secondary N) is 1. The van der Waals surface area contributed by atoms with Gasteiger partial charge in [-0.2, -0.15) is 0 Å². The fourth-order valence-corrected chi connectivity index (χ4v) is 3.01. The van der Waals surface area contributed by atoms with Crippen LogP contribution in [0.1, 0.15) is 41.1 Å². The van der Waals surface area contributed by atoms with E-state index in [9.17, 15) is 0 Å². The Hall–Kier alpha value is -1.60. The summed E-state index contributed by atoms with van der Waals surface area (Å²) in [6.45, 7) is 3.15. The van der Waals surface area contributed by atoms with E-state index in [2.05, 4.69) is 60.8 Å². The predicted octanol–water partition coefficient (Wildman–Crippen LogP) is 4.16. The van der Waals surface area contributed by atoms with Gasteiger partial charge in [-0.3, -0.25) is 0 Å². The second-order valence-electron chi connectivity index (χ2n) is 5.45. The molecular formula is C18H21N. The summed E-state index contributed by atoms with van der Waals surface area (Å²) in [7, 11) is 0. The normalized spacial score (nSPS) is 18.1. The number of fused-ring (bicyclic) bond motifs is 1. The van der Waals surface area contributed by atoms with Crippen LogP contribution in [0, 0.1) is 6.92 Å². The Labute approximate surface area is 115 Å². The first-order chi connectivity index (χ1) is 9.34. The highest BCUT2D eigenvalue weighted by Crippen LogP contribution is 2.29. The fraction of sp³-hybridized carbons (Fsp3) is 0.333. The Bertz CT molecular complexity index is 559. The summed E-state index contributed by atoms with van der Waals surface area (Å²) < 4.78 is 0. The van der Waals surface area contributed by atoms with Crippen LogP contribution in [0.4, 0.5) is 0 Å². The van der Waals surface area contributed by atoms with Crippen molar-refractivity contribution in [3.8, 4) is 0 Å². The largest absolute Gasteiger partial charge is 0.306 e. The van der Waals surface area contributed by atoms with E-state index in [-0.39, 0.29) is 0 Å². The Morgan fingerprint density at radius 1 is 1.05 bits per heavy atom. The van der Waals surface area contributed by atoms with Crippen LogP contribution in [0.25, 0.3) is 0 Å². The average Bonchev–Trinajstić information content (AvgIpc) is 2.46. The number of aryl methyl sites for hydroxylation is 2. The maximum Gasteiger partial charge on any atom is 0.0326 e. The zero-order valence-electron chi connectivity index (χ0n) is 11.5. The highest BCUT2D eigenvalue weighted by Gasteiger charge is 2.18. The Balaban J connectivity index is 1.73. The molecule has 1 N–H and O–H groups in total. The van der Waals surface area contributed by atoms with Crippen LogP contribution in [0.5, 0.6) is 0 Å². The molecule has 1 unspecified atom stereocenters. The molecule has 0 bridgehead atoms. The smallest absolute Gasteiger partial charge is 0.0326 e. The minimum Gasteiger partial charge on any atom is -0.306 e. The van der Waals surface area contributed by atoms with E-state index < -0.39 is 0 Å². The first kappa shape index (κ1) is 12.4. The van der Waals surface area contributed by atoms with Crippen LogP contribution in [0.2, 0.25) is 0 Å². The average molecular weight is 251 g/mol. The zero-order chi connectivity index (χ0) is 13.1. The predicted molar refractivity (Wildman–Crippen MR) is 80.1 cm³/mol. The molecule has 1 aliphatic carbocycles. The molecule has 2 aromatic rings. The molecule has 1 atom stereocenters. The summed E-state index contributed by atoms with van der Waals surface area (Å²) in [6.07, 6.45) is 3.78. The van der Waals surface area contributed by atoms with Crippen LogP contribution in [-0.4, -0.2) is 0 Å². The van der Waals surface area contributed by atoms with Crippen molar-refractivity contribution < 1.29 is 0 Å². The second-order valence-corrected chi connectivity index (χ2v) is 5.45. The van der Waals surface area contributed by atoms with Crippen molar-refractivity contribution in [2.45, 2.75) is 38.8 Å². The Morgan fingerprint density at radius 2 is 1.84 bits per heavy atom. The van der Waals surface area contributed by atoms with E-state index in [4.69, 9.17) is 0 Å². The van der Waals surface area contributed by atoms with Gasteiger partial charge >= 0.3 is 0 Å². The highest BCUT2D eigenvalue weighted by atomic mass is 14.9. The van der Waals surface area contributed by atoms with Crippen LogP contribution >= 0.6 is 0 Å². The summed E-state index contributed by atoms with van der Waals surface area (Å²) in [6, 6.07) is 18.0. The molecule has 0 radical (unpaired) electrons. The maximum atomic E-state index is 3.73. The maximum absolute atomic E-state index is 3.73. The second kappa shape index (κ2) is 5.58. The molecule has 1 nitrogen and oxygen atoms in total. The van der Waals surface area contributed by atoms with Gasteiger partial charge in [-0.15, -0.1) is 0 Å². The molecular weight excluding hydrogens is 230 g/mol. The molecule has 2 aromatic carbocycles. The molecule has 0 aliphatic heterocycles. The van der Waals surface area contributed by atoms with Crippen molar-refractivity contribution in [3.63, 3.8) is 0 Å². The lowest BCUT2D eigenvalue weighted by atomic mass is 9.87. The first-order valence-electron chi connectivity index (χ1n) is 7.20. The molecule has 98 valence electrons. The molecule has 0 heterocycles. The molecule has 0 fully saturated rings. The molecule has 0 spiro atoms. The van der Waals surface area contributed by atoms with Gasteiger partial charge < -0.3 is 5.32 Å². The molecule has 0 aromatic heterocycles. The van der Waals surface area contributed by atoms with Gasteiger partial charge in [0.2, 0.25) is 0 Å². The van der Waals surface area contributed by atoms with Crippen molar-refractivity contribution >= 4 is 0 Å². The quantitative estimate of drug-likeness (QED) is 0.863. The Morgan fingerprint density at radius 3 is 2.74 bits per heavy atom. The van der Waals surface area contributed by atoms with Gasteiger partial charge in [0.05, 0.1) is 0 Å². The molecule has 0 amide bonds.